The Morgan fingerprint density at radius 1 is 1.28 bits per heavy atom. The molecule has 0 spiro atoms. The van der Waals surface area contributed by atoms with E-state index in [4.69, 9.17) is 4.52 Å². The highest BCUT2D eigenvalue weighted by molar-refractivity contribution is 7.99. The van der Waals surface area contributed by atoms with E-state index < -0.39 is 0 Å². The topological polar surface area (TPSA) is 68.0 Å². The summed E-state index contributed by atoms with van der Waals surface area (Å²) in [6.07, 6.45) is 0.800. The fourth-order valence-electron chi connectivity index (χ4n) is 2.17. The quantitative estimate of drug-likeness (QED) is 0.478. The molecule has 7 heteroatoms. The van der Waals surface area contributed by atoms with Crippen LogP contribution in [-0.4, -0.2) is 28.3 Å². The number of benzene rings is 1. The Morgan fingerprint density at radius 3 is 2.88 bits per heavy atom. The monoisotopic (exact) mass is 373 g/mol. The number of thiophene rings is 1. The summed E-state index contributed by atoms with van der Waals surface area (Å²) in [5.74, 6) is 1.91. The molecule has 0 fully saturated rings. The summed E-state index contributed by atoms with van der Waals surface area (Å²) in [7, 11) is 0. The average molecular weight is 374 g/mol. The number of thioether (sulfide) groups is 1. The van der Waals surface area contributed by atoms with Crippen LogP contribution in [0.3, 0.4) is 0 Å². The Hall–Kier alpha value is -2.12. The first-order chi connectivity index (χ1) is 12.2. The molecule has 0 unspecified atom stereocenters. The van der Waals surface area contributed by atoms with Crippen molar-refractivity contribution in [1.82, 2.24) is 15.5 Å². The molecule has 25 heavy (non-hydrogen) atoms. The number of aromatic nitrogens is 2. The molecule has 0 saturated carbocycles. The van der Waals surface area contributed by atoms with Crippen molar-refractivity contribution in [2.75, 3.05) is 12.3 Å². The number of amides is 1. The van der Waals surface area contributed by atoms with Gasteiger partial charge in [0.15, 0.2) is 0 Å². The highest BCUT2D eigenvalue weighted by Crippen LogP contribution is 2.19. The van der Waals surface area contributed by atoms with E-state index in [1.165, 1.54) is 10.5 Å². The number of hydrogen-bond acceptors (Lipinski definition) is 6. The number of nitrogens with one attached hydrogen (secondary N) is 1. The third kappa shape index (κ3) is 5.44. The predicted octanol–water partition coefficient (Wildman–Crippen LogP) is 3.95. The van der Waals surface area contributed by atoms with E-state index in [1.54, 1.807) is 23.1 Å². The summed E-state index contributed by atoms with van der Waals surface area (Å²) in [5.41, 5.74) is 2.19. The normalized spacial score (nSPS) is 10.8. The molecule has 3 rings (SSSR count). The van der Waals surface area contributed by atoms with Crippen LogP contribution in [0.15, 0.2) is 50.5 Å². The number of nitrogens with zero attached hydrogens (tertiary/aromatic N) is 2. The maximum atomic E-state index is 11.9. The first kappa shape index (κ1) is 17.7. The molecule has 130 valence electrons. The van der Waals surface area contributed by atoms with E-state index in [0.717, 1.165) is 11.3 Å². The maximum absolute atomic E-state index is 11.9. The van der Waals surface area contributed by atoms with E-state index in [1.807, 2.05) is 16.8 Å². The van der Waals surface area contributed by atoms with Gasteiger partial charge in [-0.1, -0.05) is 22.9 Å². The lowest BCUT2D eigenvalue weighted by molar-refractivity contribution is -0.121. The molecular weight excluding hydrogens is 354 g/mol. The summed E-state index contributed by atoms with van der Waals surface area (Å²) in [5, 5.41) is 10.8. The maximum Gasteiger partial charge on any atom is 0.227 e. The molecule has 2 heterocycles. The van der Waals surface area contributed by atoms with Crippen LogP contribution in [0, 0.1) is 6.92 Å². The van der Waals surface area contributed by atoms with Gasteiger partial charge in [-0.3, -0.25) is 4.79 Å². The van der Waals surface area contributed by atoms with Crippen molar-refractivity contribution in [3.05, 3.63) is 52.5 Å². The van der Waals surface area contributed by atoms with E-state index in [0.29, 0.717) is 31.1 Å². The van der Waals surface area contributed by atoms with Crippen LogP contribution >= 0.6 is 23.1 Å². The van der Waals surface area contributed by atoms with Crippen molar-refractivity contribution < 1.29 is 9.32 Å². The van der Waals surface area contributed by atoms with E-state index in [9.17, 15) is 4.79 Å². The minimum Gasteiger partial charge on any atom is -0.355 e. The summed E-state index contributed by atoms with van der Waals surface area (Å²) in [6.45, 7) is 2.71. The number of hydrogen-bond donors (Lipinski definition) is 1. The van der Waals surface area contributed by atoms with Crippen molar-refractivity contribution in [2.45, 2.75) is 24.7 Å². The summed E-state index contributed by atoms with van der Waals surface area (Å²) in [6, 6.07) is 10.3. The lowest BCUT2D eigenvalue weighted by Gasteiger charge is -2.04. The van der Waals surface area contributed by atoms with Gasteiger partial charge < -0.3 is 9.84 Å². The molecule has 1 amide bonds. The summed E-state index contributed by atoms with van der Waals surface area (Å²) in [4.78, 5) is 17.4. The van der Waals surface area contributed by atoms with Crippen LogP contribution < -0.4 is 5.32 Å². The molecule has 0 saturated heterocycles. The van der Waals surface area contributed by atoms with Crippen molar-refractivity contribution in [2.24, 2.45) is 0 Å². The molecular formula is C18H19N3O2S2. The van der Waals surface area contributed by atoms with Crippen LogP contribution in [0.1, 0.15) is 17.9 Å². The van der Waals surface area contributed by atoms with Gasteiger partial charge in [0.05, 0.1) is 0 Å². The molecule has 0 aliphatic rings. The van der Waals surface area contributed by atoms with Gasteiger partial charge in [-0.05, 0) is 30.5 Å². The average Bonchev–Trinajstić information content (AvgIpc) is 3.29. The minimum absolute atomic E-state index is 0.000195. The SMILES string of the molecule is Cc1ccc(SCCNC(=O)CCc2nc(-c3ccsc3)no2)cc1. The Balaban J connectivity index is 1.35. The van der Waals surface area contributed by atoms with Gasteiger partial charge in [0.25, 0.3) is 0 Å². The number of rotatable bonds is 8. The van der Waals surface area contributed by atoms with E-state index >= 15 is 0 Å². The van der Waals surface area contributed by atoms with Gasteiger partial charge in [-0.25, -0.2) is 0 Å². The number of carbonyl (C=O) groups excluding carboxylic acids is 1. The molecule has 0 aliphatic carbocycles. The lowest BCUT2D eigenvalue weighted by Crippen LogP contribution is -2.25. The van der Waals surface area contributed by atoms with Gasteiger partial charge in [0.1, 0.15) is 0 Å². The minimum atomic E-state index is -0.000195. The van der Waals surface area contributed by atoms with Crippen molar-refractivity contribution >= 4 is 29.0 Å². The van der Waals surface area contributed by atoms with Crippen molar-refractivity contribution in [3.8, 4) is 11.4 Å². The van der Waals surface area contributed by atoms with Crippen LogP contribution in [0.2, 0.25) is 0 Å². The van der Waals surface area contributed by atoms with Gasteiger partial charge in [-0.15, -0.1) is 11.8 Å². The van der Waals surface area contributed by atoms with Crippen LogP contribution in [0.4, 0.5) is 0 Å². The third-order valence-corrected chi connectivity index (χ3v) is 5.22. The van der Waals surface area contributed by atoms with Crippen molar-refractivity contribution in [1.29, 1.82) is 0 Å². The first-order valence-electron chi connectivity index (χ1n) is 8.02. The zero-order chi connectivity index (χ0) is 17.5. The second kappa shape index (κ2) is 8.82. The third-order valence-electron chi connectivity index (χ3n) is 3.53. The van der Waals surface area contributed by atoms with Crippen LogP contribution in [0.25, 0.3) is 11.4 Å². The zero-order valence-corrected chi connectivity index (χ0v) is 15.5. The summed E-state index contributed by atoms with van der Waals surface area (Å²) >= 11 is 3.32. The van der Waals surface area contributed by atoms with Crippen molar-refractivity contribution in [3.63, 3.8) is 0 Å². The number of carbonyl (C=O) groups is 1. The van der Waals surface area contributed by atoms with Crippen LogP contribution in [0.5, 0.6) is 0 Å². The van der Waals surface area contributed by atoms with E-state index in [2.05, 4.69) is 46.6 Å². The van der Waals surface area contributed by atoms with E-state index in [-0.39, 0.29) is 5.91 Å². The lowest BCUT2D eigenvalue weighted by atomic mass is 10.2. The smallest absolute Gasteiger partial charge is 0.227 e. The predicted molar refractivity (Wildman–Crippen MR) is 101 cm³/mol. The zero-order valence-electron chi connectivity index (χ0n) is 13.9. The Bertz CT molecular complexity index is 798. The van der Waals surface area contributed by atoms with Gasteiger partial charge in [0.2, 0.25) is 17.6 Å². The molecule has 1 N–H and O–H groups in total. The summed E-state index contributed by atoms with van der Waals surface area (Å²) < 4.78 is 5.19. The Morgan fingerprint density at radius 2 is 2.12 bits per heavy atom. The highest BCUT2D eigenvalue weighted by Gasteiger charge is 2.10. The fraction of sp³-hybridized carbons (Fsp3) is 0.278. The molecule has 0 aliphatic heterocycles. The number of aryl methyl sites for hydroxylation is 2. The molecule has 0 radical (unpaired) electrons. The Kier molecular flexibility index (Phi) is 6.25. The van der Waals surface area contributed by atoms with Gasteiger partial charge in [-0.2, -0.15) is 16.3 Å². The second-order valence-electron chi connectivity index (χ2n) is 5.54. The second-order valence-corrected chi connectivity index (χ2v) is 7.48. The Labute approximate surface area is 154 Å². The molecule has 0 bridgehead atoms. The molecule has 1 aromatic carbocycles. The van der Waals surface area contributed by atoms with Gasteiger partial charge in [0, 0.05) is 41.0 Å². The fourth-order valence-corrected chi connectivity index (χ4v) is 3.57. The van der Waals surface area contributed by atoms with Gasteiger partial charge >= 0.3 is 0 Å². The first-order valence-corrected chi connectivity index (χ1v) is 9.95. The molecule has 5 nitrogen and oxygen atoms in total. The highest BCUT2D eigenvalue weighted by atomic mass is 32.2. The van der Waals surface area contributed by atoms with Crippen LogP contribution in [-0.2, 0) is 11.2 Å². The molecule has 2 aromatic heterocycles. The largest absolute Gasteiger partial charge is 0.355 e. The standard InChI is InChI=1S/C18H19N3O2S2/c1-13-2-4-15(5-3-13)25-11-9-19-16(22)6-7-17-20-18(21-23-17)14-8-10-24-12-14/h2-5,8,10,12H,6-7,9,11H2,1H3,(H,19,22). The molecule has 0 atom stereocenters. The molecule has 3 aromatic rings.